The Hall–Kier alpha value is -0.320. The van der Waals surface area contributed by atoms with E-state index in [0.29, 0.717) is 46.5 Å². The van der Waals surface area contributed by atoms with Crippen molar-refractivity contribution in [2.75, 3.05) is 52.5 Å². The number of morpholine rings is 1. The van der Waals surface area contributed by atoms with Crippen LogP contribution in [0.3, 0.4) is 0 Å². The average Bonchev–Trinajstić information content (AvgIpc) is 3.67. The number of ether oxygens (including phenoxy) is 4. The minimum Gasteiger partial charge on any atom is -0.390 e. The third kappa shape index (κ3) is 6.01. The minimum atomic E-state index is -1.01. The first-order valence-electron chi connectivity index (χ1n) is 22.1. The summed E-state index contributed by atoms with van der Waals surface area (Å²) in [5, 5.41) is 23.8. The van der Waals surface area contributed by atoms with E-state index in [1.165, 1.54) is 58.2 Å². The van der Waals surface area contributed by atoms with Crippen molar-refractivity contribution in [1.29, 1.82) is 0 Å². The second-order valence-electron chi connectivity index (χ2n) is 22.9. The number of nitrogens with zero attached hydrogens (tertiary/aromatic N) is 2. The molecule has 14 atom stereocenters. The first-order chi connectivity index (χ1) is 24.7. The number of likely N-dealkylation sites (tertiary alicyclic amines) is 1. The third-order valence-electron chi connectivity index (χ3n) is 17.8. The maximum Gasteiger partial charge on any atom is 0.170 e. The molecule has 0 aromatic carbocycles. The Bertz CT molecular complexity index is 1350. The molecule has 0 aromatic heterocycles. The van der Waals surface area contributed by atoms with Crippen LogP contribution < -0.4 is 0 Å². The molecule has 2 spiro atoms. The Morgan fingerprint density at radius 1 is 0.906 bits per heavy atom. The maximum absolute atomic E-state index is 12.7. The predicted octanol–water partition coefficient (Wildman–Crippen LogP) is 7.00. The number of hydrogen-bond acceptors (Lipinski definition) is 8. The highest BCUT2D eigenvalue weighted by atomic mass is 16.7. The van der Waals surface area contributed by atoms with Crippen molar-refractivity contribution < 1.29 is 29.2 Å². The second-order valence-corrected chi connectivity index (χ2v) is 22.9. The number of rotatable bonds is 9. The molecule has 5 saturated carbocycles. The van der Waals surface area contributed by atoms with E-state index in [-0.39, 0.29) is 40.8 Å². The van der Waals surface area contributed by atoms with Gasteiger partial charge in [0.25, 0.3) is 0 Å². The Balaban J connectivity index is 0.947. The lowest BCUT2D eigenvalue weighted by atomic mass is 9.41. The van der Waals surface area contributed by atoms with Crippen molar-refractivity contribution in [2.24, 2.45) is 62.1 Å². The first kappa shape index (κ1) is 39.5. The van der Waals surface area contributed by atoms with E-state index < -0.39 is 17.8 Å². The molecule has 0 bridgehead atoms. The zero-order valence-electron chi connectivity index (χ0n) is 35.6. The Morgan fingerprint density at radius 3 is 2.28 bits per heavy atom. The zero-order chi connectivity index (χ0) is 38.1. The Kier molecular flexibility index (Phi) is 9.76. The second kappa shape index (κ2) is 13.1. The summed E-state index contributed by atoms with van der Waals surface area (Å²) in [6, 6.07) is 0. The number of fused-ring (bicyclic) bond motifs is 4. The van der Waals surface area contributed by atoms with Crippen LogP contribution in [0.25, 0.3) is 0 Å². The largest absolute Gasteiger partial charge is 0.390 e. The molecule has 0 radical (unpaired) electrons. The summed E-state index contributed by atoms with van der Waals surface area (Å²) < 4.78 is 26.5. The van der Waals surface area contributed by atoms with Gasteiger partial charge in [0.1, 0.15) is 6.10 Å². The highest BCUT2D eigenvalue weighted by Crippen LogP contribution is 2.89. The molecule has 8 heteroatoms. The van der Waals surface area contributed by atoms with Gasteiger partial charge in [0.2, 0.25) is 0 Å². The van der Waals surface area contributed by atoms with Gasteiger partial charge in [-0.3, -0.25) is 4.90 Å². The summed E-state index contributed by atoms with van der Waals surface area (Å²) in [5.74, 6) is 2.62. The van der Waals surface area contributed by atoms with Crippen molar-refractivity contribution in [1.82, 2.24) is 9.80 Å². The van der Waals surface area contributed by atoms with Crippen molar-refractivity contribution in [3.63, 3.8) is 0 Å². The molecule has 53 heavy (non-hydrogen) atoms. The molecule has 2 N–H and O–H groups in total. The maximum atomic E-state index is 12.7. The van der Waals surface area contributed by atoms with Crippen LogP contribution >= 0.6 is 0 Å². The van der Waals surface area contributed by atoms with E-state index in [1.807, 2.05) is 20.8 Å². The smallest absolute Gasteiger partial charge is 0.170 e. The van der Waals surface area contributed by atoms with Gasteiger partial charge in [-0.25, -0.2) is 0 Å². The van der Waals surface area contributed by atoms with E-state index in [4.69, 9.17) is 18.9 Å². The molecule has 8 fully saturated rings. The monoisotopic (exact) mass is 743 g/mol. The molecular formula is C45H78N2O6. The molecule has 8 rings (SSSR count). The van der Waals surface area contributed by atoms with Gasteiger partial charge in [-0.05, 0) is 129 Å². The molecule has 8 nitrogen and oxygen atoms in total. The van der Waals surface area contributed by atoms with Gasteiger partial charge in [0, 0.05) is 51.3 Å². The van der Waals surface area contributed by atoms with Crippen molar-refractivity contribution >= 4 is 0 Å². The van der Waals surface area contributed by atoms with Crippen molar-refractivity contribution in [3.05, 3.63) is 0 Å². The summed E-state index contributed by atoms with van der Waals surface area (Å²) in [5.41, 5.74) is -0.0713. The number of aliphatic hydroxyl groups is 2. The quantitative estimate of drug-likeness (QED) is 0.262. The SMILES string of the molecule is CCO[C@@H]([C@H]1C[C@@H](C)[C@H]2[C@H](O1)[C@H](O)[C@@]1(C)[C@@H]3CC[C@H]4C(C)(C)[C@@H](O[C@H]5CN(CC6CN(CC(C)(C)C)C6)CCO5)CC[C@@]45C[C@@]35CC[C@]21C)C(C)(C)O. The molecule has 3 saturated heterocycles. The van der Waals surface area contributed by atoms with Gasteiger partial charge in [-0.1, -0.05) is 55.4 Å². The van der Waals surface area contributed by atoms with Crippen molar-refractivity contribution in [3.8, 4) is 0 Å². The standard InChI is InChI=1S/C45H78N2O6/c1-12-50-38(41(8,9)49)30-21-28(2)35-36(52-30)37(48)43(11)32-14-13-31-40(6,7)33(15-16-44(31)26-45(32,44)18-17-42(35,43)10)53-34-25-46(19-20-51-34)22-29-23-47(24-29)27-39(3,4)5/h28-38,48-49H,12-27H2,1-11H3/t28-,30-,31+,32+,33+,34+,35+,36+,37+,38+,42-,43-,44-,45+/m1/s1. The van der Waals surface area contributed by atoms with Gasteiger partial charge < -0.3 is 34.1 Å². The van der Waals surface area contributed by atoms with E-state index in [2.05, 4.69) is 65.2 Å². The summed E-state index contributed by atoms with van der Waals surface area (Å²) in [7, 11) is 0. The molecule has 304 valence electrons. The van der Waals surface area contributed by atoms with Gasteiger partial charge in [-0.15, -0.1) is 0 Å². The fraction of sp³-hybridized carbons (Fsp3) is 1.00. The van der Waals surface area contributed by atoms with Gasteiger partial charge >= 0.3 is 0 Å². The topological polar surface area (TPSA) is 83.9 Å². The Morgan fingerprint density at radius 2 is 1.60 bits per heavy atom. The molecule has 0 aromatic rings. The van der Waals surface area contributed by atoms with E-state index in [0.717, 1.165) is 45.0 Å². The summed E-state index contributed by atoms with van der Waals surface area (Å²) in [6.07, 6.45) is 8.15. The fourth-order valence-electron chi connectivity index (χ4n) is 15.8. The lowest BCUT2D eigenvalue weighted by Gasteiger charge is -2.64. The van der Waals surface area contributed by atoms with Crippen LogP contribution in [0.2, 0.25) is 0 Å². The van der Waals surface area contributed by atoms with Gasteiger partial charge in [0.15, 0.2) is 6.29 Å². The van der Waals surface area contributed by atoms with E-state index in [1.54, 1.807) is 0 Å². The zero-order valence-corrected chi connectivity index (χ0v) is 35.6. The average molecular weight is 743 g/mol. The lowest BCUT2D eigenvalue weighted by Crippen LogP contribution is -2.60. The summed E-state index contributed by atoms with van der Waals surface area (Å²) in [6.45, 7) is 33.1. The van der Waals surface area contributed by atoms with Crippen LogP contribution in [-0.4, -0.2) is 115 Å². The van der Waals surface area contributed by atoms with Crippen LogP contribution in [0.5, 0.6) is 0 Å². The molecule has 0 unspecified atom stereocenters. The highest BCUT2D eigenvalue weighted by Gasteiger charge is 2.84. The minimum absolute atomic E-state index is 0.0221. The molecule has 3 aliphatic heterocycles. The molecular weight excluding hydrogens is 665 g/mol. The number of aliphatic hydroxyl groups excluding tert-OH is 1. The number of hydrogen-bond donors (Lipinski definition) is 2. The molecule has 8 aliphatic rings. The van der Waals surface area contributed by atoms with Crippen LogP contribution in [0.15, 0.2) is 0 Å². The molecule has 5 aliphatic carbocycles. The van der Waals surface area contributed by atoms with Crippen LogP contribution in [0, 0.1) is 62.1 Å². The van der Waals surface area contributed by atoms with Gasteiger partial charge in [0.05, 0.1) is 36.6 Å². The van der Waals surface area contributed by atoms with E-state index in [9.17, 15) is 10.2 Å². The normalized spacial score (nSPS) is 49.2. The van der Waals surface area contributed by atoms with Gasteiger partial charge in [-0.2, -0.15) is 0 Å². The third-order valence-corrected chi connectivity index (χ3v) is 17.8. The molecule has 0 amide bonds. The van der Waals surface area contributed by atoms with Crippen LogP contribution in [0.1, 0.15) is 128 Å². The first-order valence-corrected chi connectivity index (χ1v) is 22.1. The molecule has 3 heterocycles. The Labute approximate surface area is 322 Å². The predicted molar refractivity (Wildman–Crippen MR) is 208 cm³/mol. The van der Waals surface area contributed by atoms with Crippen LogP contribution in [0.4, 0.5) is 0 Å². The summed E-state index contributed by atoms with van der Waals surface area (Å²) in [4.78, 5) is 5.23. The van der Waals surface area contributed by atoms with E-state index >= 15 is 0 Å². The van der Waals surface area contributed by atoms with Crippen molar-refractivity contribution in [2.45, 2.75) is 170 Å². The van der Waals surface area contributed by atoms with Crippen LogP contribution in [-0.2, 0) is 18.9 Å². The summed E-state index contributed by atoms with van der Waals surface area (Å²) >= 11 is 0. The lowest BCUT2D eigenvalue weighted by molar-refractivity contribution is -0.249. The fourth-order valence-corrected chi connectivity index (χ4v) is 15.8. The highest BCUT2D eigenvalue weighted by molar-refractivity contribution is 5.33.